The average molecular weight is 121 g/mol. The minimum atomic E-state index is 0.852. The summed E-state index contributed by atoms with van der Waals surface area (Å²) in [6, 6.07) is 1.81. The molecule has 0 radical (unpaired) electrons. The van der Waals surface area contributed by atoms with Crippen LogP contribution in [0.2, 0.25) is 0 Å². The molecular formula is C6H7N3. The fraction of sp³-hybridized carbons (Fsp3) is 0. The molecule has 0 amide bonds. The minimum absolute atomic E-state index is 0.852. The van der Waals surface area contributed by atoms with Crippen molar-refractivity contribution in [3.63, 3.8) is 0 Å². The van der Waals surface area contributed by atoms with Crippen molar-refractivity contribution in [2.24, 2.45) is 5.10 Å². The molecule has 1 rings (SSSR count). The Labute approximate surface area is 53.3 Å². The van der Waals surface area contributed by atoms with Crippen molar-refractivity contribution in [2.75, 3.05) is 0 Å². The Morgan fingerprint density at radius 3 is 3.00 bits per heavy atom. The van der Waals surface area contributed by atoms with Crippen molar-refractivity contribution in [1.29, 1.82) is 0 Å². The number of hydrogen-bond acceptors (Lipinski definition) is 2. The summed E-state index contributed by atoms with van der Waals surface area (Å²) in [5.74, 6) is 0. The van der Waals surface area contributed by atoms with Gasteiger partial charge in [0.05, 0.1) is 11.9 Å². The summed E-state index contributed by atoms with van der Waals surface area (Å²) in [7, 11) is 0. The normalized spacial score (nSPS) is 8.89. The highest BCUT2D eigenvalue weighted by molar-refractivity contribution is 5.41. The fourth-order valence-corrected chi connectivity index (χ4v) is 0.574. The van der Waals surface area contributed by atoms with Gasteiger partial charge in [0, 0.05) is 6.72 Å². The molecule has 9 heavy (non-hydrogen) atoms. The van der Waals surface area contributed by atoms with E-state index in [1.165, 1.54) is 4.79 Å². The Morgan fingerprint density at radius 1 is 1.78 bits per heavy atom. The monoisotopic (exact) mass is 121 g/mol. The molecule has 0 saturated carbocycles. The van der Waals surface area contributed by atoms with E-state index in [2.05, 4.69) is 23.5 Å². The highest BCUT2D eigenvalue weighted by Gasteiger charge is 1.90. The number of hydrogen-bond donors (Lipinski definition) is 0. The average Bonchev–Trinajstić information content (AvgIpc) is 2.33. The molecule has 0 fully saturated rings. The molecule has 0 bridgehead atoms. The Balaban J connectivity index is 3.12. The van der Waals surface area contributed by atoms with E-state index in [0.717, 1.165) is 5.69 Å². The van der Waals surface area contributed by atoms with Crippen LogP contribution in [-0.2, 0) is 0 Å². The number of nitrogens with zero attached hydrogens (tertiary/aromatic N) is 3. The van der Waals surface area contributed by atoms with Crippen LogP contribution in [0.25, 0.3) is 6.08 Å². The SMILES string of the molecule is C=Cc1ccnn1N=C. The van der Waals surface area contributed by atoms with E-state index in [1.807, 2.05) is 6.07 Å². The Kier molecular flexibility index (Phi) is 1.44. The first-order chi connectivity index (χ1) is 4.38. The van der Waals surface area contributed by atoms with Crippen LogP contribution in [0.15, 0.2) is 23.9 Å². The lowest BCUT2D eigenvalue weighted by atomic mass is 10.4. The maximum atomic E-state index is 3.82. The fourth-order valence-electron chi connectivity index (χ4n) is 0.574. The second-order valence-corrected chi connectivity index (χ2v) is 1.49. The van der Waals surface area contributed by atoms with Crippen LogP contribution in [0, 0.1) is 0 Å². The first-order valence-corrected chi connectivity index (χ1v) is 2.52. The van der Waals surface area contributed by atoms with Gasteiger partial charge in [-0.15, -0.1) is 0 Å². The van der Waals surface area contributed by atoms with Gasteiger partial charge in [0.25, 0.3) is 0 Å². The molecule has 0 aliphatic carbocycles. The lowest BCUT2D eigenvalue weighted by molar-refractivity contribution is 0.740. The first-order valence-electron chi connectivity index (χ1n) is 2.52. The third-order valence-electron chi connectivity index (χ3n) is 0.995. The maximum absolute atomic E-state index is 3.82. The molecule has 46 valence electrons. The van der Waals surface area contributed by atoms with Crippen LogP contribution in [0.1, 0.15) is 5.69 Å². The van der Waals surface area contributed by atoms with Crippen LogP contribution in [0.3, 0.4) is 0 Å². The minimum Gasteiger partial charge on any atom is -0.167 e. The summed E-state index contributed by atoms with van der Waals surface area (Å²) < 4.78 is 0. The summed E-state index contributed by atoms with van der Waals surface area (Å²) in [6.07, 6.45) is 3.31. The predicted molar refractivity (Wildman–Crippen MR) is 37.3 cm³/mol. The lowest BCUT2D eigenvalue weighted by Crippen LogP contribution is -1.90. The molecule has 1 aromatic rings. The Bertz CT molecular complexity index is 201. The Morgan fingerprint density at radius 2 is 2.56 bits per heavy atom. The zero-order valence-electron chi connectivity index (χ0n) is 4.99. The van der Waals surface area contributed by atoms with Gasteiger partial charge in [0.2, 0.25) is 0 Å². The zero-order chi connectivity index (χ0) is 6.69. The quantitative estimate of drug-likeness (QED) is 0.536. The van der Waals surface area contributed by atoms with Crippen LogP contribution in [0.4, 0.5) is 0 Å². The summed E-state index contributed by atoms with van der Waals surface area (Å²) in [6.45, 7) is 6.88. The van der Waals surface area contributed by atoms with Gasteiger partial charge in [-0.3, -0.25) is 0 Å². The molecule has 1 heterocycles. The van der Waals surface area contributed by atoms with Crippen molar-refractivity contribution in [3.8, 4) is 0 Å². The molecule has 3 nitrogen and oxygen atoms in total. The summed E-state index contributed by atoms with van der Waals surface area (Å²) in [4.78, 5) is 1.41. The second-order valence-electron chi connectivity index (χ2n) is 1.49. The highest BCUT2D eigenvalue weighted by Crippen LogP contribution is 1.97. The van der Waals surface area contributed by atoms with Crippen molar-refractivity contribution < 1.29 is 0 Å². The third kappa shape index (κ3) is 0.887. The topological polar surface area (TPSA) is 30.2 Å². The van der Waals surface area contributed by atoms with Crippen molar-refractivity contribution in [1.82, 2.24) is 9.89 Å². The van der Waals surface area contributed by atoms with Crippen molar-refractivity contribution in [3.05, 3.63) is 24.5 Å². The molecule has 0 aliphatic heterocycles. The van der Waals surface area contributed by atoms with Crippen LogP contribution in [-0.4, -0.2) is 16.6 Å². The molecule has 3 heteroatoms. The van der Waals surface area contributed by atoms with Gasteiger partial charge in [-0.25, -0.2) is 0 Å². The third-order valence-corrected chi connectivity index (χ3v) is 0.995. The smallest absolute Gasteiger partial charge is 0.0866 e. The van der Waals surface area contributed by atoms with Gasteiger partial charge in [0.15, 0.2) is 0 Å². The van der Waals surface area contributed by atoms with Gasteiger partial charge in [0.1, 0.15) is 0 Å². The Hall–Kier alpha value is -1.38. The molecule has 0 N–H and O–H groups in total. The molecule has 0 unspecified atom stereocenters. The zero-order valence-corrected chi connectivity index (χ0v) is 4.99. The van der Waals surface area contributed by atoms with E-state index in [4.69, 9.17) is 0 Å². The van der Waals surface area contributed by atoms with Crippen molar-refractivity contribution in [2.45, 2.75) is 0 Å². The van der Waals surface area contributed by atoms with E-state index in [0.29, 0.717) is 0 Å². The largest absolute Gasteiger partial charge is 0.167 e. The summed E-state index contributed by atoms with van der Waals surface area (Å²) >= 11 is 0. The molecular weight excluding hydrogens is 114 g/mol. The standard InChI is InChI=1S/C6H7N3/c1-3-6-4-5-8-9(6)7-2/h3-5H,1-2H2. The van der Waals surface area contributed by atoms with E-state index in [-0.39, 0.29) is 0 Å². The summed E-state index contributed by atoms with van der Waals surface area (Å²) in [5.41, 5.74) is 0.852. The van der Waals surface area contributed by atoms with E-state index >= 15 is 0 Å². The van der Waals surface area contributed by atoms with Gasteiger partial charge in [-0.2, -0.15) is 15.0 Å². The van der Waals surface area contributed by atoms with E-state index < -0.39 is 0 Å². The molecule has 1 aromatic heterocycles. The number of aromatic nitrogens is 2. The van der Waals surface area contributed by atoms with Gasteiger partial charge >= 0.3 is 0 Å². The molecule has 0 aromatic carbocycles. The maximum Gasteiger partial charge on any atom is 0.0866 e. The highest BCUT2D eigenvalue weighted by atomic mass is 15.5. The molecule has 0 saturated heterocycles. The summed E-state index contributed by atoms with van der Waals surface area (Å²) in [5, 5.41) is 7.41. The van der Waals surface area contributed by atoms with Crippen LogP contribution >= 0.6 is 0 Å². The van der Waals surface area contributed by atoms with Gasteiger partial charge in [-0.05, 0) is 12.1 Å². The van der Waals surface area contributed by atoms with Gasteiger partial charge < -0.3 is 0 Å². The van der Waals surface area contributed by atoms with Crippen LogP contribution in [0.5, 0.6) is 0 Å². The lowest BCUT2D eigenvalue weighted by Gasteiger charge is -1.89. The second kappa shape index (κ2) is 2.26. The van der Waals surface area contributed by atoms with E-state index in [9.17, 15) is 0 Å². The first kappa shape index (κ1) is 5.75. The van der Waals surface area contributed by atoms with Crippen LogP contribution < -0.4 is 0 Å². The van der Waals surface area contributed by atoms with Crippen molar-refractivity contribution >= 4 is 12.8 Å². The number of rotatable bonds is 2. The molecule has 0 aliphatic rings. The van der Waals surface area contributed by atoms with E-state index in [1.54, 1.807) is 12.3 Å². The van der Waals surface area contributed by atoms with Gasteiger partial charge in [-0.1, -0.05) is 6.58 Å². The molecule has 0 spiro atoms. The predicted octanol–water partition coefficient (Wildman–Crippen LogP) is 0.990. The molecule has 0 atom stereocenters.